The van der Waals surface area contributed by atoms with Crippen LogP contribution in [-0.4, -0.2) is 68.7 Å². The maximum atomic E-state index is 15.4. The molecule has 1 atom stereocenters. The van der Waals surface area contributed by atoms with Gasteiger partial charge >= 0.3 is 0 Å². The molecule has 0 saturated carbocycles. The van der Waals surface area contributed by atoms with Crippen molar-refractivity contribution in [1.82, 2.24) is 9.88 Å². The fourth-order valence-corrected chi connectivity index (χ4v) is 8.81. The lowest BCUT2D eigenvalue weighted by molar-refractivity contribution is -0.133. The Labute approximate surface area is 308 Å². The van der Waals surface area contributed by atoms with Gasteiger partial charge in [0.05, 0.1) is 39.9 Å². The largest absolute Gasteiger partial charge is 0.374 e. The van der Waals surface area contributed by atoms with Crippen LogP contribution in [-0.2, 0) is 16.6 Å². The third kappa shape index (κ3) is 6.32. The van der Waals surface area contributed by atoms with Crippen molar-refractivity contribution in [2.24, 2.45) is 12.5 Å². The SMILES string of the molecule is Cc1cc2c(N3CCN(C)c4ccc(C#N)cc43)cc(N3CCC4(CC3)CCN(c3ccc(NC5CCC(=O)NC5=O)cc3F)CC4)cc2n(C)c1=O. The number of carbonyl (C=O) groups is 2. The van der Waals surface area contributed by atoms with E-state index in [4.69, 9.17) is 0 Å². The molecule has 0 aliphatic carbocycles. The van der Waals surface area contributed by atoms with E-state index in [1.165, 1.54) is 6.07 Å². The average Bonchev–Trinajstić information content (AvgIpc) is 3.16. The van der Waals surface area contributed by atoms with E-state index in [9.17, 15) is 19.6 Å². The number of fused-ring (bicyclic) bond motifs is 2. The van der Waals surface area contributed by atoms with E-state index in [0.29, 0.717) is 28.9 Å². The Kier molecular flexibility index (Phi) is 8.75. The Balaban J connectivity index is 0.996. The molecule has 1 aromatic heterocycles. The number of aromatic nitrogens is 1. The van der Waals surface area contributed by atoms with Crippen LogP contribution in [0.15, 0.2) is 59.4 Å². The van der Waals surface area contributed by atoms with Crippen LogP contribution in [0.2, 0.25) is 0 Å². The second kappa shape index (κ2) is 13.4. The van der Waals surface area contributed by atoms with E-state index in [-0.39, 0.29) is 35.0 Å². The summed E-state index contributed by atoms with van der Waals surface area (Å²) in [7, 11) is 3.93. The molecule has 11 nitrogen and oxygen atoms in total. The highest BCUT2D eigenvalue weighted by Crippen LogP contribution is 2.46. The van der Waals surface area contributed by atoms with E-state index in [1.807, 2.05) is 44.3 Å². The van der Waals surface area contributed by atoms with Gasteiger partial charge in [0, 0.05) is 82.1 Å². The van der Waals surface area contributed by atoms with Gasteiger partial charge in [-0.15, -0.1) is 0 Å². The molecule has 2 amide bonds. The van der Waals surface area contributed by atoms with Crippen LogP contribution < -0.4 is 35.8 Å². The van der Waals surface area contributed by atoms with Crippen molar-refractivity contribution in [2.75, 3.05) is 71.2 Å². The van der Waals surface area contributed by atoms with Crippen LogP contribution in [0.4, 0.5) is 38.5 Å². The molecule has 12 heteroatoms. The minimum Gasteiger partial charge on any atom is -0.374 e. The lowest BCUT2D eigenvalue weighted by atomic mass is 9.71. The summed E-state index contributed by atoms with van der Waals surface area (Å²) in [6, 6.07) is 19.1. The minimum atomic E-state index is -0.558. The summed E-state index contributed by atoms with van der Waals surface area (Å²) in [5, 5.41) is 16.2. The molecule has 3 aromatic carbocycles. The van der Waals surface area contributed by atoms with Gasteiger partial charge in [0.15, 0.2) is 0 Å². The first-order valence-corrected chi connectivity index (χ1v) is 18.6. The molecule has 53 heavy (non-hydrogen) atoms. The Bertz CT molecular complexity index is 2230. The number of benzene rings is 3. The summed E-state index contributed by atoms with van der Waals surface area (Å²) >= 11 is 0. The predicted octanol–water partition coefficient (Wildman–Crippen LogP) is 5.55. The molecular weight excluding hydrogens is 672 g/mol. The molecule has 0 bridgehead atoms. The number of hydrogen-bond donors (Lipinski definition) is 2. The number of piperidine rings is 3. The number of rotatable bonds is 5. The maximum absolute atomic E-state index is 15.4. The van der Waals surface area contributed by atoms with Crippen molar-refractivity contribution < 1.29 is 14.0 Å². The Morgan fingerprint density at radius 1 is 0.830 bits per heavy atom. The molecule has 1 spiro atoms. The van der Waals surface area contributed by atoms with Crippen molar-refractivity contribution in [3.63, 3.8) is 0 Å². The summed E-state index contributed by atoms with van der Waals surface area (Å²) in [6.45, 7) is 6.75. The number of nitrogens with zero attached hydrogens (tertiary/aromatic N) is 6. The van der Waals surface area contributed by atoms with Crippen LogP contribution >= 0.6 is 0 Å². The van der Waals surface area contributed by atoms with Crippen LogP contribution in [0.25, 0.3) is 10.9 Å². The number of aryl methyl sites for hydroxylation is 2. The molecule has 2 N–H and O–H groups in total. The molecule has 1 unspecified atom stereocenters. The third-order valence-corrected chi connectivity index (χ3v) is 12.1. The maximum Gasteiger partial charge on any atom is 0.253 e. The number of carbonyl (C=O) groups excluding carboxylic acids is 2. The number of pyridine rings is 1. The summed E-state index contributed by atoms with van der Waals surface area (Å²) in [5.74, 6) is -0.981. The van der Waals surface area contributed by atoms with Gasteiger partial charge in [-0.3, -0.25) is 19.7 Å². The van der Waals surface area contributed by atoms with Crippen molar-refractivity contribution in [3.8, 4) is 6.07 Å². The highest BCUT2D eigenvalue weighted by Gasteiger charge is 2.38. The van der Waals surface area contributed by atoms with E-state index in [1.54, 1.807) is 10.6 Å². The molecule has 4 aliphatic heterocycles. The molecular formula is C41H45FN8O3. The highest BCUT2D eigenvalue weighted by atomic mass is 19.1. The lowest BCUT2D eigenvalue weighted by Crippen LogP contribution is -2.47. The van der Waals surface area contributed by atoms with Crippen LogP contribution in [0, 0.1) is 29.5 Å². The molecule has 4 aromatic rings. The second-order valence-corrected chi connectivity index (χ2v) is 15.3. The summed E-state index contributed by atoms with van der Waals surface area (Å²) < 4.78 is 17.2. The monoisotopic (exact) mass is 716 g/mol. The van der Waals surface area contributed by atoms with Crippen LogP contribution in [0.3, 0.4) is 0 Å². The smallest absolute Gasteiger partial charge is 0.253 e. The van der Waals surface area contributed by atoms with Crippen molar-refractivity contribution in [3.05, 3.63) is 81.9 Å². The van der Waals surface area contributed by atoms with Gasteiger partial charge in [-0.1, -0.05) is 0 Å². The number of halogens is 1. The fraction of sp³-hybridized carbons (Fsp3) is 0.415. The number of nitrogens with one attached hydrogen (secondary N) is 2. The molecule has 5 heterocycles. The summed E-state index contributed by atoms with van der Waals surface area (Å²) in [6.07, 6.45) is 4.66. The van der Waals surface area contributed by atoms with Gasteiger partial charge in [0.25, 0.3) is 5.56 Å². The van der Waals surface area contributed by atoms with E-state index < -0.39 is 6.04 Å². The van der Waals surface area contributed by atoms with Gasteiger partial charge in [0.1, 0.15) is 11.9 Å². The van der Waals surface area contributed by atoms with Gasteiger partial charge in [-0.25, -0.2) is 4.39 Å². The normalized spacial score (nSPS) is 20.0. The molecule has 274 valence electrons. The first kappa shape index (κ1) is 34.5. The van der Waals surface area contributed by atoms with E-state index >= 15 is 4.39 Å². The second-order valence-electron chi connectivity index (χ2n) is 15.3. The summed E-state index contributed by atoms with van der Waals surface area (Å²) in [5.41, 5.74) is 7.65. The van der Waals surface area contributed by atoms with E-state index in [2.05, 4.69) is 55.5 Å². The van der Waals surface area contributed by atoms with Crippen LogP contribution in [0.1, 0.15) is 49.7 Å². The predicted molar refractivity (Wildman–Crippen MR) is 207 cm³/mol. The molecule has 3 saturated heterocycles. The van der Waals surface area contributed by atoms with Crippen LogP contribution in [0.5, 0.6) is 0 Å². The topological polar surface area (TPSA) is 117 Å². The van der Waals surface area contributed by atoms with Gasteiger partial charge < -0.3 is 29.5 Å². The lowest BCUT2D eigenvalue weighted by Gasteiger charge is -2.48. The van der Waals surface area contributed by atoms with E-state index in [0.717, 1.165) is 98.6 Å². The number of amides is 2. The zero-order valence-corrected chi connectivity index (χ0v) is 30.5. The Morgan fingerprint density at radius 3 is 2.25 bits per heavy atom. The molecule has 4 aliphatic rings. The number of anilines is 6. The van der Waals surface area contributed by atoms with Gasteiger partial charge in [0.2, 0.25) is 11.8 Å². The standard InChI is InChI=1S/C41H45FN8O3/c1-26-20-30-35(47(3)40(26)53)23-29(24-36(30)50-19-18-46(2)34-7-4-27(25-43)21-37(34)50)48-14-10-41(11-15-48)12-16-49(17-13-41)33-8-5-28(22-31(33)42)44-32-6-9-38(51)45-39(32)52/h4-5,7-8,20-24,32,44H,6,9-19H2,1-3H3,(H,45,51,52). The highest BCUT2D eigenvalue weighted by molar-refractivity contribution is 6.01. The average molecular weight is 717 g/mol. The number of imide groups is 1. The fourth-order valence-electron chi connectivity index (χ4n) is 8.81. The van der Waals surface area contributed by atoms with Gasteiger partial charge in [-0.2, -0.15) is 5.26 Å². The molecule has 3 fully saturated rings. The zero-order valence-electron chi connectivity index (χ0n) is 30.5. The molecule has 8 rings (SSSR count). The quantitative estimate of drug-likeness (QED) is 0.257. The number of nitriles is 1. The Morgan fingerprint density at radius 2 is 1.55 bits per heavy atom. The van der Waals surface area contributed by atoms with Gasteiger partial charge in [-0.05, 0) is 99.0 Å². The zero-order chi connectivity index (χ0) is 37.0. The van der Waals surface area contributed by atoms with Crippen molar-refractivity contribution in [1.29, 1.82) is 5.26 Å². The minimum absolute atomic E-state index is 0.00726. The number of likely N-dealkylation sites (N-methyl/N-ethyl adjacent to an activating group) is 1. The number of hydrogen-bond acceptors (Lipinski definition) is 9. The summed E-state index contributed by atoms with van der Waals surface area (Å²) in [4.78, 5) is 46.0. The first-order valence-electron chi connectivity index (χ1n) is 18.6. The third-order valence-electron chi connectivity index (χ3n) is 12.1. The first-order chi connectivity index (χ1) is 25.5. The van der Waals surface area contributed by atoms with Crippen molar-refractivity contribution in [2.45, 2.75) is 51.5 Å². The Hall–Kier alpha value is -5.57. The molecule has 0 radical (unpaired) electrons. The van der Waals surface area contributed by atoms with Crippen molar-refractivity contribution >= 4 is 56.8 Å².